The first-order valence-corrected chi connectivity index (χ1v) is 6.45. The van der Waals surface area contributed by atoms with Gasteiger partial charge in [0.05, 0.1) is 5.69 Å². The Bertz CT molecular complexity index is 600. The fourth-order valence-corrected chi connectivity index (χ4v) is 1.76. The van der Waals surface area contributed by atoms with Crippen LogP contribution in [0.2, 0.25) is 0 Å². The molecule has 0 unspecified atom stereocenters. The topological polar surface area (TPSA) is 57.8 Å². The van der Waals surface area contributed by atoms with Crippen molar-refractivity contribution in [3.8, 4) is 11.3 Å². The van der Waals surface area contributed by atoms with Gasteiger partial charge in [-0.2, -0.15) is 5.10 Å². The molecule has 1 aromatic heterocycles. The van der Waals surface area contributed by atoms with Crippen LogP contribution in [0.5, 0.6) is 0 Å². The van der Waals surface area contributed by atoms with Crippen LogP contribution in [0.4, 0.5) is 0 Å². The predicted molar refractivity (Wildman–Crippen MR) is 77.0 cm³/mol. The lowest BCUT2D eigenvalue weighted by molar-refractivity contribution is 0.585. The Labute approximate surface area is 112 Å². The van der Waals surface area contributed by atoms with Crippen LogP contribution < -0.4 is 10.9 Å². The average Bonchev–Trinajstić information content (AvgIpc) is 2.39. The summed E-state index contributed by atoms with van der Waals surface area (Å²) in [6.45, 7) is 6.70. The molecule has 100 valence electrons. The van der Waals surface area contributed by atoms with E-state index in [9.17, 15) is 4.79 Å². The summed E-state index contributed by atoms with van der Waals surface area (Å²) >= 11 is 0. The molecule has 0 saturated heterocycles. The highest BCUT2D eigenvalue weighted by molar-refractivity contribution is 5.59. The Morgan fingerprint density at radius 1 is 1.26 bits per heavy atom. The summed E-state index contributed by atoms with van der Waals surface area (Å²) in [5.41, 5.74) is 3.57. The molecule has 1 aromatic carbocycles. The molecule has 0 saturated carbocycles. The van der Waals surface area contributed by atoms with E-state index in [2.05, 4.69) is 29.4 Å². The van der Waals surface area contributed by atoms with Crippen LogP contribution in [0.25, 0.3) is 11.3 Å². The van der Waals surface area contributed by atoms with Crippen molar-refractivity contribution in [1.29, 1.82) is 0 Å². The summed E-state index contributed by atoms with van der Waals surface area (Å²) in [7, 11) is 0. The highest BCUT2D eigenvalue weighted by Gasteiger charge is 2.05. The zero-order chi connectivity index (χ0) is 13.8. The highest BCUT2D eigenvalue weighted by atomic mass is 16.1. The SMILES string of the molecule is Cc1ccc(-c2cc(CNC(C)C)c(=O)[nH]n2)cc1. The summed E-state index contributed by atoms with van der Waals surface area (Å²) in [6.07, 6.45) is 0. The molecule has 2 rings (SSSR count). The first-order valence-electron chi connectivity index (χ1n) is 6.45. The van der Waals surface area contributed by atoms with Crippen LogP contribution in [0, 0.1) is 6.92 Å². The van der Waals surface area contributed by atoms with Crippen LogP contribution in [0.15, 0.2) is 35.1 Å². The molecule has 0 fully saturated rings. The van der Waals surface area contributed by atoms with Crippen molar-refractivity contribution in [3.63, 3.8) is 0 Å². The first-order chi connectivity index (χ1) is 9.06. The first kappa shape index (κ1) is 13.5. The van der Waals surface area contributed by atoms with E-state index in [4.69, 9.17) is 0 Å². The fourth-order valence-electron chi connectivity index (χ4n) is 1.76. The molecule has 0 aliphatic rings. The van der Waals surface area contributed by atoms with Crippen molar-refractivity contribution in [2.24, 2.45) is 0 Å². The van der Waals surface area contributed by atoms with Gasteiger partial charge >= 0.3 is 0 Å². The number of hydrogen-bond donors (Lipinski definition) is 2. The number of nitrogens with one attached hydrogen (secondary N) is 2. The number of H-pyrrole nitrogens is 1. The molecule has 0 spiro atoms. The van der Waals surface area contributed by atoms with E-state index in [1.165, 1.54) is 5.56 Å². The summed E-state index contributed by atoms with van der Waals surface area (Å²) in [4.78, 5) is 11.7. The van der Waals surface area contributed by atoms with Crippen molar-refractivity contribution in [2.75, 3.05) is 0 Å². The maximum absolute atomic E-state index is 11.7. The predicted octanol–water partition coefficient (Wildman–Crippen LogP) is 2.24. The summed E-state index contributed by atoms with van der Waals surface area (Å²) in [6, 6.07) is 10.3. The van der Waals surface area contributed by atoms with E-state index in [1.807, 2.05) is 37.3 Å². The van der Waals surface area contributed by atoms with Gasteiger partial charge in [-0.05, 0) is 13.0 Å². The van der Waals surface area contributed by atoms with Gasteiger partial charge in [0.2, 0.25) is 0 Å². The van der Waals surface area contributed by atoms with Crippen molar-refractivity contribution in [1.82, 2.24) is 15.5 Å². The molecule has 0 aliphatic carbocycles. The summed E-state index contributed by atoms with van der Waals surface area (Å²) in [5.74, 6) is 0. The normalized spacial score (nSPS) is 10.9. The van der Waals surface area contributed by atoms with Crippen LogP contribution in [0.3, 0.4) is 0 Å². The smallest absolute Gasteiger partial charge is 0.268 e. The van der Waals surface area contributed by atoms with Crippen molar-refractivity contribution in [3.05, 3.63) is 51.8 Å². The Morgan fingerprint density at radius 2 is 1.95 bits per heavy atom. The van der Waals surface area contributed by atoms with Crippen LogP contribution >= 0.6 is 0 Å². The molecule has 1 heterocycles. The minimum absolute atomic E-state index is 0.135. The van der Waals surface area contributed by atoms with Gasteiger partial charge in [-0.1, -0.05) is 43.7 Å². The maximum atomic E-state index is 11.7. The quantitative estimate of drug-likeness (QED) is 0.883. The maximum Gasteiger partial charge on any atom is 0.268 e. The van der Waals surface area contributed by atoms with Gasteiger partial charge in [0.25, 0.3) is 5.56 Å². The number of aromatic nitrogens is 2. The minimum Gasteiger partial charge on any atom is -0.310 e. The van der Waals surface area contributed by atoms with Gasteiger partial charge in [-0.15, -0.1) is 0 Å². The second kappa shape index (κ2) is 5.80. The largest absolute Gasteiger partial charge is 0.310 e. The lowest BCUT2D eigenvalue weighted by Gasteiger charge is -2.08. The van der Waals surface area contributed by atoms with E-state index in [1.54, 1.807) is 0 Å². The Morgan fingerprint density at radius 3 is 2.58 bits per heavy atom. The van der Waals surface area contributed by atoms with Gasteiger partial charge in [0.15, 0.2) is 0 Å². The van der Waals surface area contributed by atoms with E-state index in [-0.39, 0.29) is 5.56 Å². The van der Waals surface area contributed by atoms with E-state index >= 15 is 0 Å². The van der Waals surface area contributed by atoms with Crippen LogP contribution in [-0.2, 0) is 6.54 Å². The molecule has 19 heavy (non-hydrogen) atoms. The monoisotopic (exact) mass is 257 g/mol. The van der Waals surface area contributed by atoms with Crippen molar-refractivity contribution < 1.29 is 0 Å². The second-order valence-corrected chi connectivity index (χ2v) is 5.01. The molecule has 0 atom stereocenters. The molecule has 0 amide bonds. The molecule has 4 heteroatoms. The molecule has 0 bridgehead atoms. The van der Waals surface area contributed by atoms with Gasteiger partial charge in [-0.3, -0.25) is 4.79 Å². The van der Waals surface area contributed by atoms with Gasteiger partial charge in [-0.25, -0.2) is 5.10 Å². The number of aryl methyl sites for hydroxylation is 1. The molecule has 0 aliphatic heterocycles. The molecule has 4 nitrogen and oxygen atoms in total. The Balaban J connectivity index is 2.30. The van der Waals surface area contributed by atoms with Crippen molar-refractivity contribution in [2.45, 2.75) is 33.4 Å². The summed E-state index contributed by atoms with van der Waals surface area (Å²) < 4.78 is 0. The number of aromatic amines is 1. The molecule has 2 aromatic rings. The lowest BCUT2D eigenvalue weighted by Crippen LogP contribution is -2.26. The third-order valence-corrected chi connectivity index (χ3v) is 2.93. The number of rotatable bonds is 4. The minimum atomic E-state index is -0.135. The highest BCUT2D eigenvalue weighted by Crippen LogP contribution is 2.16. The number of nitrogens with zero attached hydrogens (tertiary/aromatic N) is 1. The van der Waals surface area contributed by atoms with Gasteiger partial charge in [0, 0.05) is 23.7 Å². The zero-order valence-corrected chi connectivity index (χ0v) is 11.5. The van der Waals surface area contributed by atoms with Crippen LogP contribution in [-0.4, -0.2) is 16.2 Å². The molecular formula is C15H19N3O. The molecule has 0 radical (unpaired) electrons. The zero-order valence-electron chi connectivity index (χ0n) is 11.5. The standard InChI is InChI=1S/C15H19N3O/c1-10(2)16-9-13-8-14(17-18-15(13)19)12-6-4-11(3)5-7-12/h4-8,10,16H,9H2,1-3H3,(H,18,19). The Hall–Kier alpha value is -1.94. The molecular weight excluding hydrogens is 238 g/mol. The van der Waals surface area contributed by atoms with E-state index < -0.39 is 0 Å². The number of benzene rings is 1. The summed E-state index contributed by atoms with van der Waals surface area (Å²) in [5, 5.41) is 9.90. The average molecular weight is 257 g/mol. The second-order valence-electron chi connectivity index (χ2n) is 5.01. The third kappa shape index (κ3) is 3.51. The number of hydrogen-bond acceptors (Lipinski definition) is 3. The van der Waals surface area contributed by atoms with Crippen molar-refractivity contribution >= 4 is 0 Å². The van der Waals surface area contributed by atoms with Gasteiger partial charge in [0.1, 0.15) is 0 Å². The lowest BCUT2D eigenvalue weighted by atomic mass is 10.1. The third-order valence-electron chi connectivity index (χ3n) is 2.93. The fraction of sp³-hybridized carbons (Fsp3) is 0.333. The van der Waals surface area contributed by atoms with Crippen LogP contribution in [0.1, 0.15) is 25.0 Å². The van der Waals surface area contributed by atoms with E-state index in [0.29, 0.717) is 18.2 Å². The van der Waals surface area contributed by atoms with Gasteiger partial charge < -0.3 is 5.32 Å². The Kier molecular flexibility index (Phi) is 4.12. The van der Waals surface area contributed by atoms with E-state index in [0.717, 1.165) is 11.3 Å². The molecule has 2 N–H and O–H groups in total.